The lowest BCUT2D eigenvalue weighted by atomic mass is 9.88. The van der Waals surface area contributed by atoms with Crippen LogP contribution in [0, 0.1) is 11.3 Å². The summed E-state index contributed by atoms with van der Waals surface area (Å²) in [5, 5.41) is 5.85. The van der Waals surface area contributed by atoms with Crippen molar-refractivity contribution in [2.45, 2.75) is 53.9 Å². The van der Waals surface area contributed by atoms with Crippen molar-refractivity contribution < 1.29 is 9.59 Å². The topological polar surface area (TPSA) is 58.2 Å². The van der Waals surface area contributed by atoms with E-state index in [4.69, 9.17) is 0 Å². The summed E-state index contributed by atoms with van der Waals surface area (Å²) in [5.74, 6) is -0.0508. The quantitative estimate of drug-likeness (QED) is 0.660. The lowest BCUT2D eigenvalue weighted by Crippen LogP contribution is -2.30. The molecule has 0 fully saturated rings. The fourth-order valence-corrected chi connectivity index (χ4v) is 2.31. The summed E-state index contributed by atoms with van der Waals surface area (Å²) in [4.78, 5) is 24.5. The van der Waals surface area contributed by atoms with E-state index in [9.17, 15) is 9.59 Å². The highest BCUT2D eigenvalue weighted by molar-refractivity contribution is 5.96. The summed E-state index contributed by atoms with van der Waals surface area (Å²) >= 11 is 0. The van der Waals surface area contributed by atoms with Gasteiger partial charge in [-0.15, -0.1) is 0 Å². The molecule has 0 saturated carbocycles. The molecule has 24 heavy (non-hydrogen) atoms. The molecule has 4 heteroatoms. The number of allylic oxidation sites excluding steroid dienone is 2. The molecular weight excluding hydrogens is 300 g/mol. The summed E-state index contributed by atoms with van der Waals surface area (Å²) in [5.41, 5.74) is 0.906. The van der Waals surface area contributed by atoms with Crippen LogP contribution >= 0.6 is 0 Å². The van der Waals surface area contributed by atoms with E-state index in [1.807, 2.05) is 58.0 Å². The molecule has 1 rings (SSSR count). The third-order valence-corrected chi connectivity index (χ3v) is 4.04. The highest BCUT2D eigenvalue weighted by Crippen LogP contribution is 2.24. The summed E-state index contributed by atoms with van der Waals surface area (Å²) in [6.07, 6.45) is 6.46. The average molecular weight is 330 g/mol. The molecule has 0 aromatic heterocycles. The molecule has 1 aromatic rings. The van der Waals surface area contributed by atoms with Crippen molar-refractivity contribution in [1.29, 1.82) is 0 Å². The van der Waals surface area contributed by atoms with E-state index in [0.717, 1.165) is 12.8 Å². The molecule has 0 bridgehead atoms. The standard InChI is InChI=1S/C20H30N2O2/c1-6-8-13-20(4,5)19(24)22-17-12-9-11-16(14-17)21-18(23)15(3)10-7-2/h6,8-9,11-12,14-15H,7,10,13H2,1-5H3,(H,21,23)(H,22,24). The van der Waals surface area contributed by atoms with Crippen LogP contribution in [-0.2, 0) is 9.59 Å². The molecule has 0 saturated heterocycles. The van der Waals surface area contributed by atoms with Gasteiger partial charge >= 0.3 is 0 Å². The molecule has 0 heterocycles. The van der Waals surface area contributed by atoms with Crippen molar-refractivity contribution in [2.24, 2.45) is 11.3 Å². The van der Waals surface area contributed by atoms with Gasteiger partial charge in [-0.1, -0.05) is 52.3 Å². The van der Waals surface area contributed by atoms with E-state index < -0.39 is 5.41 Å². The van der Waals surface area contributed by atoms with Gasteiger partial charge in [0.2, 0.25) is 11.8 Å². The van der Waals surface area contributed by atoms with Crippen LogP contribution in [0.25, 0.3) is 0 Å². The molecule has 4 nitrogen and oxygen atoms in total. The van der Waals surface area contributed by atoms with E-state index in [2.05, 4.69) is 17.6 Å². The maximum atomic E-state index is 12.4. The first kappa shape index (κ1) is 19.9. The molecular formula is C20H30N2O2. The van der Waals surface area contributed by atoms with Gasteiger partial charge in [0.15, 0.2) is 0 Å². The maximum absolute atomic E-state index is 12.4. The minimum atomic E-state index is -0.485. The van der Waals surface area contributed by atoms with Crippen LogP contribution in [0.3, 0.4) is 0 Å². The second-order valence-corrected chi connectivity index (χ2v) is 6.87. The number of nitrogens with one attached hydrogen (secondary N) is 2. The van der Waals surface area contributed by atoms with E-state index >= 15 is 0 Å². The summed E-state index contributed by atoms with van der Waals surface area (Å²) in [6, 6.07) is 7.28. The summed E-state index contributed by atoms with van der Waals surface area (Å²) < 4.78 is 0. The second kappa shape index (κ2) is 9.26. The van der Waals surface area contributed by atoms with Crippen LogP contribution < -0.4 is 10.6 Å². The van der Waals surface area contributed by atoms with Crippen molar-refractivity contribution >= 4 is 23.2 Å². The Bertz CT molecular complexity index is 591. The molecule has 0 aliphatic rings. The number of anilines is 2. The SMILES string of the molecule is CC=CCC(C)(C)C(=O)Nc1cccc(NC(=O)C(C)CCC)c1. The Morgan fingerprint density at radius 1 is 1.21 bits per heavy atom. The molecule has 2 amide bonds. The first-order chi connectivity index (χ1) is 11.3. The van der Waals surface area contributed by atoms with Gasteiger partial charge in [0.05, 0.1) is 0 Å². The van der Waals surface area contributed by atoms with Gasteiger partial charge in [-0.25, -0.2) is 0 Å². The molecule has 1 aromatic carbocycles. The van der Waals surface area contributed by atoms with Crippen LogP contribution in [-0.4, -0.2) is 11.8 Å². The number of hydrogen-bond acceptors (Lipinski definition) is 2. The van der Waals surface area contributed by atoms with Crippen molar-refractivity contribution in [2.75, 3.05) is 10.6 Å². The Morgan fingerprint density at radius 2 is 1.83 bits per heavy atom. The largest absolute Gasteiger partial charge is 0.326 e. The third-order valence-electron chi connectivity index (χ3n) is 4.04. The van der Waals surface area contributed by atoms with E-state index in [-0.39, 0.29) is 17.7 Å². The van der Waals surface area contributed by atoms with Gasteiger partial charge in [0.25, 0.3) is 0 Å². The predicted octanol–water partition coefficient (Wildman–Crippen LogP) is 4.99. The number of hydrogen-bond donors (Lipinski definition) is 2. The Balaban J connectivity index is 2.75. The minimum Gasteiger partial charge on any atom is -0.326 e. The number of benzene rings is 1. The van der Waals surface area contributed by atoms with E-state index in [0.29, 0.717) is 17.8 Å². The Hall–Kier alpha value is -2.10. The zero-order valence-electron chi connectivity index (χ0n) is 15.5. The van der Waals surface area contributed by atoms with Crippen molar-refractivity contribution in [3.63, 3.8) is 0 Å². The van der Waals surface area contributed by atoms with Crippen LogP contribution in [0.1, 0.15) is 53.9 Å². The molecule has 0 spiro atoms. The van der Waals surface area contributed by atoms with Gasteiger partial charge in [-0.05, 0) is 38.0 Å². The fourth-order valence-electron chi connectivity index (χ4n) is 2.31. The second-order valence-electron chi connectivity index (χ2n) is 6.87. The Morgan fingerprint density at radius 3 is 2.42 bits per heavy atom. The van der Waals surface area contributed by atoms with Crippen LogP contribution in [0.5, 0.6) is 0 Å². The average Bonchev–Trinajstić information content (AvgIpc) is 2.53. The normalized spacial score (nSPS) is 12.9. The number of rotatable bonds is 8. The molecule has 1 atom stereocenters. The number of amides is 2. The molecule has 0 aliphatic carbocycles. The number of carbonyl (C=O) groups is 2. The molecule has 1 unspecified atom stereocenters. The van der Waals surface area contributed by atoms with Gasteiger partial charge in [-0.3, -0.25) is 9.59 Å². The van der Waals surface area contributed by atoms with Crippen LogP contribution in [0.15, 0.2) is 36.4 Å². The Labute approximate surface area is 145 Å². The molecule has 0 aliphatic heterocycles. The van der Waals surface area contributed by atoms with Gasteiger partial charge in [0, 0.05) is 22.7 Å². The van der Waals surface area contributed by atoms with Gasteiger partial charge in [-0.2, -0.15) is 0 Å². The van der Waals surface area contributed by atoms with E-state index in [1.165, 1.54) is 0 Å². The smallest absolute Gasteiger partial charge is 0.230 e. The van der Waals surface area contributed by atoms with Crippen LogP contribution in [0.4, 0.5) is 11.4 Å². The van der Waals surface area contributed by atoms with Gasteiger partial charge < -0.3 is 10.6 Å². The first-order valence-electron chi connectivity index (χ1n) is 8.63. The monoisotopic (exact) mass is 330 g/mol. The lowest BCUT2D eigenvalue weighted by Gasteiger charge is -2.22. The summed E-state index contributed by atoms with van der Waals surface area (Å²) in [6.45, 7) is 9.77. The van der Waals surface area contributed by atoms with Crippen LogP contribution in [0.2, 0.25) is 0 Å². The molecule has 132 valence electrons. The zero-order chi connectivity index (χ0) is 18.2. The minimum absolute atomic E-state index is 0.00809. The Kier molecular flexibility index (Phi) is 7.69. The highest BCUT2D eigenvalue weighted by atomic mass is 16.2. The first-order valence-corrected chi connectivity index (χ1v) is 8.63. The van der Waals surface area contributed by atoms with E-state index in [1.54, 1.807) is 6.07 Å². The van der Waals surface area contributed by atoms with Crippen molar-refractivity contribution in [1.82, 2.24) is 0 Å². The zero-order valence-corrected chi connectivity index (χ0v) is 15.5. The summed E-state index contributed by atoms with van der Waals surface area (Å²) in [7, 11) is 0. The van der Waals surface area contributed by atoms with Gasteiger partial charge in [0.1, 0.15) is 0 Å². The number of carbonyl (C=O) groups excluding carboxylic acids is 2. The van der Waals surface area contributed by atoms with Crippen molar-refractivity contribution in [3.8, 4) is 0 Å². The lowest BCUT2D eigenvalue weighted by molar-refractivity contribution is -0.123. The molecule has 0 radical (unpaired) electrons. The predicted molar refractivity (Wildman–Crippen MR) is 101 cm³/mol. The molecule has 2 N–H and O–H groups in total. The maximum Gasteiger partial charge on any atom is 0.230 e. The third kappa shape index (κ3) is 6.19. The van der Waals surface area contributed by atoms with Crippen molar-refractivity contribution in [3.05, 3.63) is 36.4 Å². The fraction of sp³-hybridized carbons (Fsp3) is 0.500. The highest BCUT2D eigenvalue weighted by Gasteiger charge is 2.26.